The van der Waals surface area contributed by atoms with E-state index in [9.17, 15) is 9.59 Å². The maximum absolute atomic E-state index is 10.9. The predicted octanol–water partition coefficient (Wildman–Crippen LogP) is -0.0947. The number of rotatable bonds is 3. The van der Waals surface area contributed by atoms with Crippen molar-refractivity contribution in [2.24, 2.45) is 5.73 Å². The van der Waals surface area contributed by atoms with Crippen LogP contribution in [-0.2, 0) is 4.79 Å². The molecule has 0 bridgehead atoms. The zero-order chi connectivity index (χ0) is 11.0. The maximum Gasteiger partial charge on any atom is 0.355 e. The summed E-state index contributed by atoms with van der Waals surface area (Å²) in [5.41, 5.74) is 5.18. The molecular formula is C8H9N3O3S. The molecule has 1 atom stereocenters. The second kappa shape index (κ2) is 3.50. The highest BCUT2D eigenvalue weighted by atomic mass is 32.1. The number of nitrogens with two attached hydrogens (primary N) is 1. The lowest BCUT2D eigenvalue weighted by Gasteiger charge is -2.38. The summed E-state index contributed by atoms with van der Waals surface area (Å²) >= 11 is 1.21. The fourth-order valence-electron chi connectivity index (χ4n) is 1.41. The summed E-state index contributed by atoms with van der Waals surface area (Å²) in [5, 5.41) is 10.7. The van der Waals surface area contributed by atoms with Crippen molar-refractivity contribution >= 4 is 28.3 Å². The van der Waals surface area contributed by atoms with Gasteiger partial charge >= 0.3 is 5.97 Å². The third kappa shape index (κ3) is 1.65. The molecule has 1 amide bonds. The molecule has 1 fully saturated rings. The van der Waals surface area contributed by atoms with Crippen LogP contribution < -0.4 is 10.6 Å². The second-order valence-corrected chi connectivity index (χ2v) is 4.06. The predicted molar refractivity (Wildman–Crippen MR) is 54.0 cm³/mol. The number of carboxylic acids is 1. The highest BCUT2D eigenvalue weighted by molar-refractivity contribution is 7.14. The lowest BCUT2D eigenvalue weighted by Crippen LogP contribution is -2.55. The van der Waals surface area contributed by atoms with Gasteiger partial charge in [0, 0.05) is 11.9 Å². The third-order valence-electron chi connectivity index (χ3n) is 2.30. The van der Waals surface area contributed by atoms with Gasteiger partial charge in [0.1, 0.15) is 6.04 Å². The smallest absolute Gasteiger partial charge is 0.355 e. The van der Waals surface area contributed by atoms with Crippen molar-refractivity contribution in [2.75, 3.05) is 11.4 Å². The number of carbonyl (C=O) groups is 2. The molecule has 2 rings (SSSR count). The monoisotopic (exact) mass is 227 g/mol. The van der Waals surface area contributed by atoms with Crippen LogP contribution in [0.5, 0.6) is 0 Å². The second-order valence-electron chi connectivity index (χ2n) is 3.22. The summed E-state index contributed by atoms with van der Waals surface area (Å²) in [5.74, 6) is -1.46. The number of aromatic carboxylic acids is 1. The summed E-state index contributed by atoms with van der Waals surface area (Å²) in [6.07, 6.45) is 0.706. The largest absolute Gasteiger partial charge is 0.476 e. The minimum absolute atomic E-state index is 0.00474. The molecule has 0 spiro atoms. The van der Waals surface area contributed by atoms with Gasteiger partial charge in [0.2, 0.25) is 5.91 Å². The number of hydrogen-bond donors (Lipinski definition) is 2. The molecule has 1 unspecified atom stereocenters. The number of amides is 1. The summed E-state index contributed by atoms with van der Waals surface area (Å²) in [4.78, 5) is 27.2. The highest BCUT2D eigenvalue weighted by Crippen LogP contribution is 2.29. The summed E-state index contributed by atoms with van der Waals surface area (Å²) in [6, 6.07) is -0.335. The van der Waals surface area contributed by atoms with Gasteiger partial charge in [-0.15, -0.1) is 11.3 Å². The Bertz CT molecular complexity index is 417. The molecule has 0 saturated carbocycles. The first kappa shape index (κ1) is 9.91. The topological polar surface area (TPSA) is 96.5 Å². The molecule has 1 aromatic heterocycles. The fraction of sp³-hybridized carbons (Fsp3) is 0.375. The summed E-state index contributed by atoms with van der Waals surface area (Å²) in [6.45, 7) is 0.695. The van der Waals surface area contributed by atoms with Crippen molar-refractivity contribution in [3.8, 4) is 0 Å². The van der Waals surface area contributed by atoms with Gasteiger partial charge in [0.15, 0.2) is 10.8 Å². The molecule has 3 N–H and O–H groups in total. The molecule has 15 heavy (non-hydrogen) atoms. The minimum Gasteiger partial charge on any atom is -0.476 e. The summed E-state index contributed by atoms with van der Waals surface area (Å²) in [7, 11) is 0. The molecule has 1 aliphatic heterocycles. The number of nitrogens with zero attached hydrogens (tertiary/aromatic N) is 2. The van der Waals surface area contributed by atoms with Crippen LogP contribution >= 0.6 is 11.3 Å². The average molecular weight is 227 g/mol. The van der Waals surface area contributed by atoms with E-state index in [2.05, 4.69) is 4.98 Å². The molecule has 80 valence electrons. The van der Waals surface area contributed by atoms with Crippen LogP contribution in [0.4, 0.5) is 5.13 Å². The standard InChI is InChI=1S/C8H9N3O3S/c9-6(12)5-1-2-11(5)8-10-4(3-15-8)7(13)14/h3,5H,1-2H2,(H2,9,12)(H,13,14). The molecule has 6 nitrogen and oxygen atoms in total. The Labute approximate surface area is 89.3 Å². The van der Waals surface area contributed by atoms with Gasteiger partial charge in [-0.1, -0.05) is 0 Å². The molecule has 0 aliphatic carbocycles. The van der Waals surface area contributed by atoms with Crippen LogP contribution in [0.2, 0.25) is 0 Å². The number of aromatic nitrogens is 1. The Balaban J connectivity index is 2.16. The van der Waals surface area contributed by atoms with Crippen LogP contribution in [0.15, 0.2) is 5.38 Å². The van der Waals surface area contributed by atoms with Gasteiger partial charge in [-0.2, -0.15) is 0 Å². The maximum atomic E-state index is 10.9. The fourth-order valence-corrected chi connectivity index (χ4v) is 2.28. The van der Waals surface area contributed by atoms with E-state index in [1.165, 1.54) is 16.7 Å². The van der Waals surface area contributed by atoms with E-state index in [1.54, 1.807) is 4.90 Å². The normalized spacial score (nSPS) is 19.7. The van der Waals surface area contributed by atoms with Crippen molar-refractivity contribution in [1.82, 2.24) is 4.98 Å². The van der Waals surface area contributed by atoms with Crippen molar-refractivity contribution in [3.63, 3.8) is 0 Å². The molecule has 1 saturated heterocycles. The van der Waals surface area contributed by atoms with E-state index < -0.39 is 11.9 Å². The van der Waals surface area contributed by atoms with Crippen molar-refractivity contribution in [1.29, 1.82) is 0 Å². The first-order valence-electron chi connectivity index (χ1n) is 4.34. The Morgan fingerprint density at radius 3 is 2.80 bits per heavy atom. The van der Waals surface area contributed by atoms with E-state index >= 15 is 0 Å². The lowest BCUT2D eigenvalue weighted by atomic mass is 10.0. The van der Waals surface area contributed by atoms with Gasteiger partial charge in [-0.05, 0) is 6.42 Å². The minimum atomic E-state index is -1.06. The SMILES string of the molecule is NC(=O)C1CCN1c1nc(C(=O)O)cs1. The Morgan fingerprint density at radius 2 is 2.40 bits per heavy atom. The van der Waals surface area contributed by atoms with E-state index in [1.807, 2.05) is 0 Å². The molecule has 2 heterocycles. The number of primary amides is 1. The van der Waals surface area contributed by atoms with Crippen LogP contribution in [0, 0.1) is 0 Å². The quantitative estimate of drug-likeness (QED) is 0.752. The van der Waals surface area contributed by atoms with Gasteiger partial charge in [0.05, 0.1) is 0 Å². The van der Waals surface area contributed by atoms with Gasteiger partial charge in [0.25, 0.3) is 0 Å². The number of carboxylic acid groups (broad SMARTS) is 1. The highest BCUT2D eigenvalue weighted by Gasteiger charge is 2.34. The van der Waals surface area contributed by atoms with Gasteiger partial charge in [-0.3, -0.25) is 4.79 Å². The molecule has 0 aromatic carbocycles. The Morgan fingerprint density at radius 1 is 1.67 bits per heavy atom. The lowest BCUT2D eigenvalue weighted by molar-refractivity contribution is -0.120. The molecule has 0 radical (unpaired) electrons. The molecular weight excluding hydrogens is 218 g/mol. The molecule has 7 heteroatoms. The van der Waals surface area contributed by atoms with Crippen molar-refractivity contribution < 1.29 is 14.7 Å². The van der Waals surface area contributed by atoms with Crippen LogP contribution in [0.1, 0.15) is 16.9 Å². The van der Waals surface area contributed by atoms with Crippen LogP contribution in [0.3, 0.4) is 0 Å². The number of thiazole rings is 1. The van der Waals surface area contributed by atoms with Crippen LogP contribution in [0.25, 0.3) is 0 Å². The zero-order valence-electron chi connectivity index (χ0n) is 7.71. The third-order valence-corrected chi connectivity index (χ3v) is 3.18. The number of hydrogen-bond acceptors (Lipinski definition) is 5. The Hall–Kier alpha value is -1.63. The van der Waals surface area contributed by atoms with Crippen LogP contribution in [-0.4, -0.2) is 34.6 Å². The van der Waals surface area contributed by atoms with E-state index in [0.717, 1.165) is 0 Å². The summed E-state index contributed by atoms with van der Waals surface area (Å²) < 4.78 is 0. The Kier molecular flexibility index (Phi) is 2.31. The van der Waals surface area contributed by atoms with Crippen molar-refractivity contribution in [3.05, 3.63) is 11.1 Å². The first-order valence-corrected chi connectivity index (χ1v) is 5.22. The average Bonchev–Trinajstić information content (AvgIpc) is 2.49. The molecule has 1 aromatic rings. The number of anilines is 1. The van der Waals surface area contributed by atoms with Crippen molar-refractivity contribution in [2.45, 2.75) is 12.5 Å². The first-order chi connectivity index (χ1) is 7.09. The van der Waals surface area contributed by atoms with E-state index in [0.29, 0.717) is 18.1 Å². The van der Waals surface area contributed by atoms with E-state index in [4.69, 9.17) is 10.8 Å². The number of carbonyl (C=O) groups excluding carboxylic acids is 1. The van der Waals surface area contributed by atoms with Gasteiger partial charge < -0.3 is 15.7 Å². The molecule has 1 aliphatic rings. The van der Waals surface area contributed by atoms with Gasteiger partial charge in [-0.25, -0.2) is 9.78 Å². The van der Waals surface area contributed by atoms with E-state index in [-0.39, 0.29) is 11.7 Å². The zero-order valence-corrected chi connectivity index (χ0v) is 8.53.